The number of amides is 1. The van der Waals surface area contributed by atoms with Gasteiger partial charge in [-0.05, 0) is 25.1 Å². The molecule has 14 heteroatoms. The van der Waals surface area contributed by atoms with Crippen molar-refractivity contribution < 1.29 is 31.1 Å². The number of carbonyl (C=O) groups excluding carboxylic acids is 1. The van der Waals surface area contributed by atoms with Crippen LogP contribution in [0.25, 0.3) is 5.13 Å². The van der Waals surface area contributed by atoms with Crippen LogP contribution in [-0.2, 0) is 12.4 Å². The second kappa shape index (κ2) is 7.87. The maximum atomic E-state index is 12.9. The molecule has 2 heterocycles. The number of halogens is 7. The molecule has 1 N–H and O–H groups in total. The fraction of sp³-hybridized carbons (Fsp3) is 0.250. The minimum atomic E-state index is -4.70. The van der Waals surface area contributed by atoms with E-state index in [1.807, 2.05) is 0 Å². The van der Waals surface area contributed by atoms with Crippen LogP contribution in [0.1, 0.15) is 40.4 Å². The van der Waals surface area contributed by atoms with Crippen molar-refractivity contribution in [2.24, 2.45) is 0 Å². The lowest BCUT2D eigenvalue weighted by Gasteiger charge is -2.15. The molecule has 1 atom stereocenters. The van der Waals surface area contributed by atoms with E-state index < -0.39 is 35.6 Å². The zero-order valence-corrected chi connectivity index (χ0v) is 16.3. The van der Waals surface area contributed by atoms with Crippen LogP contribution in [-0.4, -0.2) is 25.7 Å². The molecule has 0 bridgehead atoms. The molecule has 6 nitrogen and oxygen atoms in total. The van der Waals surface area contributed by atoms with Gasteiger partial charge in [0.2, 0.25) is 5.13 Å². The van der Waals surface area contributed by atoms with Crippen LogP contribution in [0.2, 0.25) is 5.02 Å². The van der Waals surface area contributed by atoms with Crippen molar-refractivity contribution in [3.05, 3.63) is 57.6 Å². The Morgan fingerprint density at radius 1 is 1.17 bits per heavy atom. The number of nitrogens with zero attached hydrogens (tertiary/aromatic N) is 4. The first-order valence-corrected chi connectivity index (χ1v) is 9.23. The Bertz CT molecular complexity index is 1080. The maximum absolute atomic E-state index is 12.9. The van der Waals surface area contributed by atoms with Crippen LogP contribution in [0.5, 0.6) is 0 Å². The Kier molecular flexibility index (Phi) is 5.78. The average molecular weight is 470 g/mol. The maximum Gasteiger partial charge on any atom is 0.434 e. The van der Waals surface area contributed by atoms with E-state index in [9.17, 15) is 31.1 Å². The van der Waals surface area contributed by atoms with Gasteiger partial charge in [-0.15, -0.1) is 11.3 Å². The second-order valence-corrected chi connectivity index (χ2v) is 7.24. The Hall–Kier alpha value is -2.67. The summed E-state index contributed by atoms with van der Waals surface area (Å²) >= 11 is 6.34. The molecule has 160 valence electrons. The Labute approximate surface area is 173 Å². The summed E-state index contributed by atoms with van der Waals surface area (Å²) in [6.07, 6.45) is -8.29. The van der Waals surface area contributed by atoms with E-state index in [-0.39, 0.29) is 21.5 Å². The van der Waals surface area contributed by atoms with Crippen molar-refractivity contribution in [2.75, 3.05) is 0 Å². The molecule has 1 aromatic carbocycles. The van der Waals surface area contributed by atoms with E-state index in [0.717, 1.165) is 22.5 Å². The summed E-state index contributed by atoms with van der Waals surface area (Å²) in [5, 5.41) is 6.60. The average Bonchev–Trinajstić information content (AvgIpc) is 3.29. The normalized spacial score (nSPS) is 13.3. The number of benzene rings is 1. The topological polar surface area (TPSA) is 72.7 Å². The van der Waals surface area contributed by atoms with Crippen LogP contribution in [0, 0.1) is 0 Å². The molecule has 0 aliphatic heterocycles. The molecule has 3 aromatic rings. The van der Waals surface area contributed by atoms with E-state index in [4.69, 9.17) is 11.6 Å². The molecule has 0 saturated heterocycles. The number of thiazole rings is 1. The quantitative estimate of drug-likeness (QED) is 0.551. The molecule has 1 amide bonds. The molecule has 0 aliphatic carbocycles. The first-order chi connectivity index (χ1) is 13.9. The number of hydrogen-bond donors (Lipinski definition) is 1. The van der Waals surface area contributed by atoms with Crippen molar-refractivity contribution in [3.63, 3.8) is 0 Å². The van der Waals surface area contributed by atoms with Gasteiger partial charge in [-0.3, -0.25) is 4.79 Å². The lowest BCUT2D eigenvalue weighted by Crippen LogP contribution is -2.29. The van der Waals surface area contributed by atoms with Crippen molar-refractivity contribution in [1.82, 2.24) is 25.1 Å². The van der Waals surface area contributed by atoms with Crippen LogP contribution in [0.3, 0.4) is 0 Å². The fourth-order valence-electron chi connectivity index (χ4n) is 2.41. The van der Waals surface area contributed by atoms with Gasteiger partial charge in [-0.1, -0.05) is 11.6 Å². The summed E-state index contributed by atoms with van der Waals surface area (Å²) in [4.78, 5) is 19.8. The number of hydrogen-bond acceptors (Lipinski definition) is 5. The highest BCUT2D eigenvalue weighted by Gasteiger charge is 2.35. The van der Waals surface area contributed by atoms with Gasteiger partial charge in [-0.25, -0.2) is 9.97 Å². The Balaban J connectivity index is 1.84. The van der Waals surface area contributed by atoms with Crippen molar-refractivity contribution in [1.29, 1.82) is 0 Å². The minimum Gasteiger partial charge on any atom is -0.342 e. The lowest BCUT2D eigenvalue weighted by atomic mass is 10.1. The summed E-state index contributed by atoms with van der Waals surface area (Å²) in [6, 6.07) is 1.44. The van der Waals surface area contributed by atoms with Gasteiger partial charge in [0, 0.05) is 16.0 Å². The highest BCUT2D eigenvalue weighted by Crippen LogP contribution is 2.33. The zero-order valence-electron chi connectivity index (χ0n) is 14.7. The van der Waals surface area contributed by atoms with Crippen LogP contribution < -0.4 is 5.32 Å². The molecule has 0 aliphatic rings. The van der Waals surface area contributed by atoms with Gasteiger partial charge in [0.1, 0.15) is 6.33 Å². The number of rotatable bonds is 4. The summed E-state index contributed by atoms with van der Waals surface area (Å²) in [5.74, 6) is -0.857. The highest BCUT2D eigenvalue weighted by molar-refractivity contribution is 7.12. The summed E-state index contributed by atoms with van der Waals surface area (Å²) in [7, 11) is 0. The van der Waals surface area contributed by atoms with E-state index in [1.54, 1.807) is 0 Å². The van der Waals surface area contributed by atoms with E-state index in [2.05, 4.69) is 20.4 Å². The van der Waals surface area contributed by atoms with Crippen molar-refractivity contribution in [2.45, 2.75) is 25.3 Å². The lowest BCUT2D eigenvalue weighted by molar-refractivity contribution is -0.140. The molecular formula is C16H10ClF6N5OS. The second-order valence-electron chi connectivity index (χ2n) is 5.96. The SMILES string of the molecule is C[C@H](NC(=O)c1cc(Cl)cc(C(F)(F)F)c1)c1ncnn1-c1nc(C(F)(F)F)cs1. The van der Waals surface area contributed by atoms with E-state index >= 15 is 0 Å². The predicted molar refractivity (Wildman–Crippen MR) is 94.4 cm³/mol. The third kappa shape index (κ3) is 4.73. The van der Waals surface area contributed by atoms with Gasteiger partial charge in [0.05, 0.1) is 11.6 Å². The number of nitrogens with one attached hydrogen (secondary N) is 1. The molecule has 3 rings (SSSR count). The van der Waals surface area contributed by atoms with Crippen LogP contribution in [0.15, 0.2) is 29.9 Å². The minimum absolute atomic E-state index is 0.0319. The fourth-order valence-corrected chi connectivity index (χ4v) is 3.44. The molecule has 0 fully saturated rings. The first kappa shape index (κ1) is 22.0. The van der Waals surface area contributed by atoms with E-state index in [0.29, 0.717) is 23.5 Å². The standard InChI is InChI=1S/C16H10ClF6N5OS/c1-7(26-13(29)8-2-9(15(18,19)20)4-10(17)3-8)12-24-6-25-28(12)14-27-11(5-30-14)16(21,22)23/h2-7H,1H3,(H,26,29)/t7-/m0/s1. The van der Waals surface area contributed by atoms with Gasteiger partial charge in [0.15, 0.2) is 11.5 Å². The molecule has 0 radical (unpaired) electrons. The Morgan fingerprint density at radius 3 is 2.47 bits per heavy atom. The molecule has 2 aromatic heterocycles. The van der Waals surface area contributed by atoms with Gasteiger partial charge in [-0.2, -0.15) is 36.1 Å². The number of alkyl halides is 6. The van der Waals surface area contributed by atoms with Crippen LogP contribution >= 0.6 is 22.9 Å². The smallest absolute Gasteiger partial charge is 0.342 e. The third-order valence-electron chi connectivity index (χ3n) is 3.76. The summed E-state index contributed by atoms with van der Waals surface area (Å²) < 4.78 is 78.1. The zero-order chi connectivity index (χ0) is 22.3. The van der Waals surface area contributed by atoms with Gasteiger partial charge >= 0.3 is 12.4 Å². The predicted octanol–water partition coefficient (Wildman–Crippen LogP) is 4.91. The summed E-state index contributed by atoms with van der Waals surface area (Å²) in [6.45, 7) is 1.44. The molecule has 30 heavy (non-hydrogen) atoms. The molecule has 0 spiro atoms. The highest BCUT2D eigenvalue weighted by atomic mass is 35.5. The Morgan fingerprint density at radius 2 is 1.87 bits per heavy atom. The first-order valence-electron chi connectivity index (χ1n) is 7.98. The van der Waals surface area contributed by atoms with Gasteiger partial charge < -0.3 is 5.32 Å². The molecule has 0 unspecified atom stereocenters. The van der Waals surface area contributed by atoms with Crippen molar-refractivity contribution in [3.8, 4) is 5.13 Å². The monoisotopic (exact) mass is 469 g/mol. The third-order valence-corrected chi connectivity index (χ3v) is 4.79. The van der Waals surface area contributed by atoms with Gasteiger partial charge in [0.25, 0.3) is 5.91 Å². The number of carbonyl (C=O) groups is 1. The molecule has 0 saturated carbocycles. The molecular weight excluding hydrogens is 460 g/mol. The van der Waals surface area contributed by atoms with Crippen molar-refractivity contribution >= 4 is 28.8 Å². The summed E-state index contributed by atoms with van der Waals surface area (Å²) in [5.41, 5.74) is -2.56. The largest absolute Gasteiger partial charge is 0.434 e. The van der Waals surface area contributed by atoms with Crippen LogP contribution in [0.4, 0.5) is 26.3 Å². The van der Waals surface area contributed by atoms with E-state index in [1.165, 1.54) is 6.92 Å². The number of aromatic nitrogens is 4.